The number of hydrogen-bond donors (Lipinski definition) is 1. The number of rotatable bonds is 2. The fourth-order valence-electron chi connectivity index (χ4n) is 3.37. The van der Waals surface area contributed by atoms with Crippen molar-refractivity contribution in [1.82, 2.24) is 4.57 Å². The third-order valence-corrected chi connectivity index (χ3v) is 4.98. The van der Waals surface area contributed by atoms with Crippen LogP contribution < -0.4 is 10.7 Å². The lowest BCUT2D eigenvalue weighted by Gasteiger charge is -2.13. The van der Waals surface area contributed by atoms with Crippen LogP contribution in [-0.4, -0.2) is 10.5 Å². The molecule has 0 saturated carbocycles. The van der Waals surface area contributed by atoms with Crippen LogP contribution >= 0.6 is 15.9 Å². The van der Waals surface area contributed by atoms with Gasteiger partial charge in [-0.3, -0.25) is 9.59 Å². The largest absolute Gasteiger partial charge is 0.343 e. The highest BCUT2D eigenvalue weighted by Gasteiger charge is 2.25. The van der Waals surface area contributed by atoms with Gasteiger partial charge in [0, 0.05) is 22.1 Å². The predicted molar refractivity (Wildman–Crippen MR) is 98.7 cm³/mol. The normalized spacial score (nSPS) is 15.6. The minimum absolute atomic E-state index is 0.00792. The Hall–Kier alpha value is -2.47. The molecule has 2 heterocycles. The van der Waals surface area contributed by atoms with Gasteiger partial charge in [0.1, 0.15) is 11.4 Å². The van der Waals surface area contributed by atoms with Gasteiger partial charge in [-0.15, -0.1) is 0 Å². The minimum atomic E-state index is -0.610. The average molecular weight is 401 g/mol. The molecule has 0 bridgehead atoms. The summed E-state index contributed by atoms with van der Waals surface area (Å²) in [5, 5.41) is 2.99. The summed E-state index contributed by atoms with van der Waals surface area (Å²) >= 11 is 3.43. The Morgan fingerprint density at radius 3 is 2.84 bits per heavy atom. The maximum atomic E-state index is 13.8. The van der Waals surface area contributed by atoms with Crippen LogP contribution in [0, 0.1) is 5.82 Å². The summed E-state index contributed by atoms with van der Waals surface area (Å²) < 4.78 is 16.5. The van der Waals surface area contributed by atoms with E-state index in [1.807, 2.05) is 17.6 Å². The number of amides is 1. The highest BCUT2D eigenvalue weighted by Crippen LogP contribution is 2.33. The monoisotopic (exact) mass is 400 g/mol. The lowest BCUT2D eigenvalue weighted by Crippen LogP contribution is -2.24. The third kappa shape index (κ3) is 2.57. The molecule has 126 valence electrons. The molecule has 1 N–H and O–H groups in total. The van der Waals surface area contributed by atoms with Gasteiger partial charge in [0.25, 0.3) is 5.91 Å². The number of anilines is 1. The van der Waals surface area contributed by atoms with Crippen LogP contribution in [0.15, 0.2) is 51.9 Å². The van der Waals surface area contributed by atoms with Gasteiger partial charge in [-0.05, 0) is 43.2 Å². The molecule has 0 radical (unpaired) electrons. The maximum absolute atomic E-state index is 13.8. The molecule has 2 aromatic carbocycles. The molecule has 3 aromatic rings. The highest BCUT2D eigenvalue weighted by atomic mass is 79.9. The molecular formula is C19H14BrFN2O2. The van der Waals surface area contributed by atoms with Crippen LogP contribution in [0.25, 0.3) is 10.9 Å². The van der Waals surface area contributed by atoms with Crippen LogP contribution in [-0.2, 0) is 6.42 Å². The number of carbonyl (C=O) groups is 1. The van der Waals surface area contributed by atoms with Gasteiger partial charge in [-0.2, -0.15) is 0 Å². The smallest absolute Gasteiger partial charge is 0.261 e. The van der Waals surface area contributed by atoms with Crippen LogP contribution in [0.2, 0.25) is 0 Å². The van der Waals surface area contributed by atoms with Crippen LogP contribution in [0.3, 0.4) is 0 Å². The van der Waals surface area contributed by atoms with Crippen molar-refractivity contribution in [3.05, 3.63) is 74.2 Å². The van der Waals surface area contributed by atoms with Crippen molar-refractivity contribution in [1.29, 1.82) is 0 Å². The summed E-state index contributed by atoms with van der Waals surface area (Å²) in [5.41, 5.74) is 1.65. The first-order valence-corrected chi connectivity index (χ1v) is 8.68. The van der Waals surface area contributed by atoms with Crippen LogP contribution in [0.4, 0.5) is 10.1 Å². The number of pyridine rings is 1. The summed E-state index contributed by atoms with van der Waals surface area (Å²) in [5.74, 6) is -1.15. The summed E-state index contributed by atoms with van der Waals surface area (Å²) in [6, 6.07) is 9.76. The first-order chi connectivity index (χ1) is 12.0. The zero-order chi connectivity index (χ0) is 17.7. The summed E-state index contributed by atoms with van der Waals surface area (Å²) in [7, 11) is 0. The first-order valence-electron chi connectivity index (χ1n) is 7.89. The van der Waals surface area contributed by atoms with Gasteiger partial charge >= 0.3 is 0 Å². The van der Waals surface area contributed by atoms with Gasteiger partial charge in [-0.1, -0.05) is 28.1 Å². The third-order valence-electron chi connectivity index (χ3n) is 4.53. The molecule has 6 heteroatoms. The molecule has 1 aliphatic rings. The topological polar surface area (TPSA) is 51.1 Å². The Balaban J connectivity index is 1.87. The van der Waals surface area contributed by atoms with E-state index in [1.165, 1.54) is 18.2 Å². The molecule has 1 amide bonds. The van der Waals surface area contributed by atoms with Crippen molar-refractivity contribution < 1.29 is 9.18 Å². The zero-order valence-electron chi connectivity index (χ0n) is 13.3. The predicted octanol–water partition coefficient (Wildman–Crippen LogP) is 4.27. The number of nitrogens with zero attached hydrogens (tertiary/aromatic N) is 1. The van der Waals surface area contributed by atoms with Crippen molar-refractivity contribution in [3.63, 3.8) is 0 Å². The second-order valence-corrected chi connectivity index (χ2v) is 7.14. The highest BCUT2D eigenvalue weighted by molar-refractivity contribution is 9.10. The lowest BCUT2D eigenvalue weighted by molar-refractivity contribution is 0.102. The molecule has 1 unspecified atom stereocenters. The van der Waals surface area contributed by atoms with Crippen molar-refractivity contribution in [2.24, 2.45) is 0 Å². The van der Waals surface area contributed by atoms with Crippen molar-refractivity contribution in [2.45, 2.75) is 19.4 Å². The van der Waals surface area contributed by atoms with E-state index in [0.717, 1.165) is 22.0 Å². The Bertz CT molecular complexity index is 1090. The quantitative estimate of drug-likeness (QED) is 0.697. The van der Waals surface area contributed by atoms with Gasteiger partial charge in [-0.25, -0.2) is 4.39 Å². The summed E-state index contributed by atoms with van der Waals surface area (Å²) in [4.78, 5) is 25.5. The van der Waals surface area contributed by atoms with Crippen molar-refractivity contribution >= 4 is 38.4 Å². The summed E-state index contributed by atoms with van der Waals surface area (Å²) in [6.07, 6.45) is 2.38. The number of aromatic nitrogens is 1. The molecule has 1 atom stereocenters. The van der Waals surface area contributed by atoms with Crippen molar-refractivity contribution in [3.8, 4) is 0 Å². The maximum Gasteiger partial charge on any atom is 0.261 e. The molecule has 0 fully saturated rings. The van der Waals surface area contributed by atoms with Gasteiger partial charge in [0.2, 0.25) is 5.43 Å². The molecule has 0 spiro atoms. The molecule has 1 aromatic heterocycles. The molecule has 4 rings (SSSR count). The van der Waals surface area contributed by atoms with E-state index in [2.05, 4.69) is 21.2 Å². The van der Waals surface area contributed by atoms with E-state index >= 15 is 0 Å². The number of hydrogen-bond acceptors (Lipinski definition) is 2. The second kappa shape index (κ2) is 5.81. The number of halogens is 2. The Morgan fingerprint density at radius 1 is 1.32 bits per heavy atom. The average Bonchev–Trinajstić information content (AvgIpc) is 2.88. The molecule has 25 heavy (non-hydrogen) atoms. The molecule has 0 aliphatic carbocycles. The van der Waals surface area contributed by atoms with Crippen molar-refractivity contribution in [2.75, 3.05) is 5.32 Å². The van der Waals surface area contributed by atoms with Gasteiger partial charge in [0.05, 0.1) is 11.2 Å². The SMILES string of the molecule is CC1Cc2cc(Br)cc3c(=O)c(C(=O)Nc4ccccc4F)cn1c23. The van der Waals surface area contributed by atoms with E-state index in [-0.39, 0.29) is 22.7 Å². The van der Waals surface area contributed by atoms with E-state index < -0.39 is 11.7 Å². The van der Waals surface area contributed by atoms with Crippen LogP contribution in [0.1, 0.15) is 28.9 Å². The second-order valence-electron chi connectivity index (χ2n) is 6.23. The Kier molecular flexibility index (Phi) is 3.72. The standard InChI is InChI=1S/C19H14BrFN2O2/c1-10-6-11-7-12(20)8-13-17(11)23(10)9-14(18(13)24)19(25)22-16-5-3-2-4-15(16)21/h2-5,7-10H,6H2,1H3,(H,22,25). The van der Waals surface area contributed by atoms with E-state index in [1.54, 1.807) is 18.3 Å². The molecular weight excluding hydrogens is 387 g/mol. The fourth-order valence-corrected chi connectivity index (χ4v) is 3.88. The van der Waals surface area contributed by atoms with Crippen LogP contribution in [0.5, 0.6) is 0 Å². The van der Waals surface area contributed by atoms with Gasteiger partial charge < -0.3 is 9.88 Å². The number of para-hydroxylation sites is 1. The minimum Gasteiger partial charge on any atom is -0.343 e. The number of benzene rings is 2. The van der Waals surface area contributed by atoms with E-state index in [9.17, 15) is 14.0 Å². The van der Waals surface area contributed by atoms with Gasteiger partial charge in [0.15, 0.2) is 0 Å². The molecule has 0 saturated heterocycles. The molecule has 1 aliphatic heterocycles. The summed E-state index contributed by atoms with van der Waals surface area (Å²) in [6.45, 7) is 2.04. The lowest BCUT2D eigenvalue weighted by atomic mass is 10.1. The van der Waals surface area contributed by atoms with E-state index in [0.29, 0.717) is 5.39 Å². The van der Waals surface area contributed by atoms with E-state index in [4.69, 9.17) is 0 Å². The number of nitrogens with one attached hydrogen (secondary N) is 1. The molecule has 4 nitrogen and oxygen atoms in total. The zero-order valence-corrected chi connectivity index (χ0v) is 14.9. The number of carbonyl (C=O) groups excluding carboxylic acids is 1. The Labute approximate surface area is 151 Å². The first kappa shape index (κ1) is 16.0. The fraction of sp³-hybridized carbons (Fsp3) is 0.158. The Morgan fingerprint density at radius 2 is 2.08 bits per heavy atom.